The van der Waals surface area contributed by atoms with Gasteiger partial charge in [0, 0.05) is 0 Å². The Kier molecular flexibility index (Phi) is 4.60. The molecule has 2 aliphatic rings. The molecular formula is C18H26BNO5. The molecule has 1 N–H and O–H groups in total. The summed E-state index contributed by atoms with van der Waals surface area (Å²) >= 11 is 0. The van der Waals surface area contributed by atoms with Crippen molar-refractivity contribution in [1.29, 1.82) is 0 Å². The molecule has 0 aliphatic carbocycles. The molecule has 25 heavy (non-hydrogen) atoms. The highest BCUT2D eigenvalue weighted by Crippen LogP contribution is 2.36. The Morgan fingerprint density at radius 1 is 1.16 bits per heavy atom. The van der Waals surface area contributed by atoms with Crippen molar-refractivity contribution in [3.05, 3.63) is 29.8 Å². The van der Waals surface area contributed by atoms with Crippen LogP contribution >= 0.6 is 0 Å². The number of amides is 1. The summed E-state index contributed by atoms with van der Waals surface area (Å²) in [7, 11) is -0.419. The molecule has 0 spiro atoms. The molecule has 2 saturated heterocycles. The van der Waals surface area contributed by atoms with Gasteiger partial charge in [0.1, 0.15) is 0 Å². The first-order valence-electron chi connectivity index (χ1n) is 8.67. The number of carbonyl (C=O) groups is 1. The van der Waals surface area contributed by atoms with E-state index in [4.69, 9.17) is 14.0 Å². The predicted molar refractivity (Wildman–Crippen MR) is 95.0 cm³/mol. The van der Waals surface area contributed by atoms with E-state index in [-0.39, 0.29) is 23.3 Å². The second-order valence-corrected chi connectivity index (χ2v) is 7.85. The Bertz CT molecular complexity index is 629. The number of nitrogens with zero attached hydrogens (tertiary/aromatic N) is 1. The average Bonchev–Trinajstić information content (AvgIpc) is 2.75. The maximum atomic E-state index is 11.5. The molecule has 2 unspecified atom stereocenters. The van der Waals surface area contributed by atoms with Crippen molar-refractivity contribution in [1.82, 2.24) is 4.90 Å². The van der Waals surface area contributed by atoms with E-state index in [0.29, 0.717) is 13.2 Å². The highest BCUT2D eigenvalue weighted by atomic mass is 16.7. The number of morpholine rings is 1. The summed E-state index contributed by atoms with van der Waals surface area (Å²) in [6, 6.07) is 7.45. The number of rotatable bonds is 2. The topological polar surface area (TPSA) is 68.2 Å². The Labute approximate surface area is 149 Å². The van der Waals surface area contributed by atoms with E-state index in [1.807, 2.05) is 58.9 Å². The van der Waals surface area contributed by atoms with Crippen molar-refractivity contribution in [2.75, 3.05) is 13.2 Å². The molecule has 0 aromatic heterocycles. The third-order valence-electron chi connectivity index (χ3n) is 5.46. The van der Waals surface area contributed by atoms with E-state index < -0.39 is 13.2 Å². The molecule has 0 saturated carbocycles. The van der Waals surface area contributed by atoms with Gasteiger partial charge in [0.25, 0.3) is 0 Å². The van der Waals surface area contributed by atoms with E-state index in [0.717, 1.165) is 11.0 Å². The van der Waals surface area contributed by atoms with Crippen LogP contribution in [0.15, 0.2) is 24.3 Å². The van der Waals surface area contributed by atoms with Crippen LogP contribution in [0.2, 0.25) is 0 Å². The molecule has 0 bridgehead atoms. The Morgan fingerprint density at radius 2 is 1.72 bits per heavy atom. The summed E-state index contributed by atoms with van der Waals surface area (Å²) in [5.74, 6) is 0. The Hall–Kier alpha value is -1.57. The molecule has 6 nitrogen and oxygen atoms in total. The molecule has 136 valence electrons. The first kappa shape index (κ1) is 18.2. The normalized spacial score (nSPS) is 28.2. The van der Waals surface area contributed by atoms with Crippen molar-refractivity contribution in [2.45, 2.75) is 58.0 Å². The number of ether oxygens (including phenoxy) is 1. The van der Waals surface area contributed by atoms with Gasteiger partial charge in [-0.25, -0.2) is 4.79 Å². The van der Waals surface area contributed by atoms with Gasteiger partial charge in [0.15, 0.2) is 0 Å². The number of benzene rings is 1. The fraction of sp³-hybridized carbons (Fsp3) is 0.611. The molecule has 2 atom stereocenters. The van der Waals surface area contributed by atoms with Gasteiger partial charge in [0.05, 0.1) is 36.5 Å². The molecule has 2 aliphatic heterocycles. The largest absolute Gasteiger partial charge is 0.494 e. The van der Waals surface area contributed by atoms with Crippen LogP contribution in [0.25, 0.3) is 0 Å². The first-order chi connectivity index (χ1) is 11.6. The van der Waals surface area contributed by atoms with Crippen LogP contribution in [0.1, 0.15) is 46.2 Å². The maximum absolute atomic E-state index is 11.5. The highest BCUT2D eigenvalue weighted by Gasteiger charge is 2.51. The van der Waals surface area contributed by atoms with Crippen LogP contribution in [-0.2, 0) is 14.0 Å². The minimum absolute atomic E-state index is 0.0867. The lowest BCUT2D eigenvalue weighted by Gasteiger charge is -2.37. The SMILES string of the molecule is CC1CN(C(=O)O)C(c2ccc(B3OC(C)(C)C(C)(C)O3)cc2)CO1. The molecule has 7 heteroatoms. The molecule has 0 radical (unpaired) electrons. The zero-order chi connectivity index (χ0) is 18.4. The van der Waals surface area contributed by atoms with Gasteiger partial charge in [0.2, 0.25) is 0 Å². The number of hydrogen-bond donors (Lipinski definition) is 1. The summed E-state index contributed by atoms with van der Waals surface area (Å²) in [4.78, 5) is 13.0. The Balaban J connectivity index is 1.78. The van der Waals surface area contributed by atoms with Crippen LogP contribution in [0.5, 0.6) is 0 Å². The van der Waals surface area contributed by atoms with Gasteiger partial charge in [-0.15, -0.1) is 0 Å². The van der Waals surface area contributed by atoms with E-state index >= 15 is 0 Å². The summed E-state index contributed by atoms with van der Waals surface area (Å²) in [5.41, 5.74) is 1.07. The molecule has 2 fully saturated rings. The summed E-state index contributed by atoms with van der Waals surface area (Å²) in [6.45, 7) is 10.7. The average molecular weight is 347 g/mol. The van der Waals surface area contributed by atoms with Crippen LogP contribution in [0.3, 0.4) is 0 Å². The standard InChI is InChI=1S/C18H26BNO5/c1-12-10-20(16(21)22)15(11-23-12)13-6-8-14(9-7-13)19-24-17(2,3)18(4,5)25-19/h6-9,12,15H,10-11H2,1-5H3,(H,21,22). The van der Waals surface area contributed by atoms with Crippen molar-refractivity contribution in [3.8, 4) is 0 Å². The third-order valence-corrected chi connectivity index (χ3v) is 5.46. The highest BCUT2D eigenvalue weighted by molar-refractivity contribution is 6.62. The monoisotopic (exact) mass is 347 g/mol. The fourth-order valence-corrected chi connectivity index (χ4v) is 3.14. The van der Waals surface area contributed by atoms with E-state index in [2.05, 4.69) is 0 Å². The maximum Gasteiger partial charge on any atom is 0.494 e. The van der Waals surface area contributed by atoms with Crippen molar-refractivity contribution < 1.29 is 23.9 Å². The molecular weight excluding hydrogens is 321 g/mol. The van der Waals surface area contributed by atoms with Crippen LogP contribution in [-0.4, -0.2) is 53.7 Å². The van der Waals surface area contributed by atoms with Crippen molar-refractivity contribution in [2.24, 2.45) is 0 Å². The Morgan fingerprint density at radius 3 is 2.24 bits per heavy atom. The lowest BCUT2D eigenvalue weighted by Crippen LogP contribution is -2.46. The molecule has 1 amide bonds. The number of hydrogen-bond acceptors (Lipinski definition) is 4. The molecule has 1 aromatic rings. The smallest absolute Gasteiger partial charge is 0.465 e. The van der Waals surface area contributed by atoms with Gasteiger partial charge in [-0.1, -0.05) is 24.3 Å². The second kappa shape index (κ2) is 6.30. The molecule has 1 aromatic carbocycles. The van der Waals surface area contributed by atoms with E-state index in [1.54, 1.807) is 0 Å². The van der Waals surface area contributed by atoms with Crippen LogP contribution < -0.4 is 5.46 Å². The lowest BCUT2D eigenvalue weighted by atomic mass is 9.78. The second-order valence-electron chi connectivity index (χ2n) is 7.85. The van der Waals surface area contributed by atoms with Crippen molar-refractivity contribution >= 4 is 18.7 Å². The number of carboxylic acid groups (broad SMARTS) is 1. The van der Waals surface area contributed by atoms with Crippen LogP contribution in [0, 0.1) is 0 Å². The van der Waals surface area contributed by atoms with Gasteiger partial charge in [-0.05, 0) is 45.6 Å². The minimum atomic E-state index is -0.921. The molecule has 3 rings (SSSR count). The van der Waals surface area contributed by atoms with Gasteiger partial charge in [-0.2, -0.15) is 0 Å². The van der Waals surface area contributed by atoms with E-state index in [9.17, 15) is 9.90 Å². The third kappa shape index (κ3) is 3.41. The fourth-order valence-electron chi connectivity index (χ4n) is 3.14. The van der Waals surface area contributed by atoms with Gasteiger partial charge >= 0.3 is 13.2 Å². The van der Waals surface area contributed by atoms with Gasteiger partial charge in [-0.3, -0.25) is 4.90 Å². The first-order valence-corrected chi connectivity index (χ1v) is 8.67. The molecule has 2 heterocycles. The van der Waals surface area contributed by atoms with Crippen LogP contribution in [0.4, 0.5) is 4.79 Å². The lowest BCUT2D eigenvalue weighted by molar-refractivity contribution is -0.0465. The quantitative estimate of drug-likeness (QED) is 0.833. The minimum Gasteiger partial charge on any atom is -0.465 e. The van der Waals surface area contributed by atoms with E-state index in [1.165, 1.54) is 4.90 Å². The van der Waals surface area contributed by atoms with Crippen molar-refractivity contribution in [3.63, 3.8) is 0 Å². The summed E-state index contributed by atoms with van der Waals surface area (Å²) in [6.07, 6.45) is -1.01. The zero-order valence-electron chi connectivity index (χ0n) is 15.5. The summed E-state index contributed by atoms with van der Waals surface area (Å²) in [5, 5.41) is 9.46. The van der Waals surface area contributed by atoms with Gasteiger partial charge < -0.3 is 19.2 Å². The predicted octanol–water partition coefficient (Wildman–Crippen LogP) is 2.43. The summed E-state index contributed by atoms with van der Waals surface area (Å²) < 4.78 is 17.8. The zero-order valence-corrected chi connectivity index (χ0v) is 15.5.